The van der Waals surface area contributed by atoms with E-state index in [2.05, 4.69) is 37.4 Å². The van der Waals surface area contributed by atoms with Crippen molar-refractivity contribution in [1.82, 2.24) is 5.32 Å². The predicted octanol–water partition coefficient (Wildman–Crippen LogP) is 2.87. The number of hydrogen-bond donors (Lipinski definition) is 2. The van der Waals surface area contributed by atoms with Crippen LogP contribution in [0, 0.1) is 19.3 Å². The summed E-state index contributed by atoms with van der Waals surface area (Å²) < 4.78 is 0. The highest BCUT2D eigenvalue weighted by Gasteiger charge is 2.30. The first-order chi connectivity index (χ1) is 10.0. The molecule has 0 aliphatic heterocycles. The minimum absolute atomic E-state index is 0.113. The number of carbonyl (C=O) groups excluding carboxylic acids is 1. The fraction of sp³-hybridized carbons (Fsp3) is 0.611. The van der Waals surface area contributed by atoms with E-state index in [0.717, 1.165) is 24.9 Å². The van der Waals surface area contributed by atoms with Crippen LogP contribution in [-0.4, -0.2) is 19.0 Å². The maximum absolute atomic E-state index is 12.2. The van der Waals surface area contributed by atoms with Crippen LogP contribution < -0.4 is 11.1 Å². The smallest absolute Gasteiger partial charge is 0.224 e. The molecule has 1 aliphatic carbocycles. The third kappa shape index (κ3) is 4.31. The van der Waals surface area contributed by atoms with E-state index in [1.54, 1.807) is 0 Å². The minimum atomic E-state index is 0.113. The molecule has 1 saturated carbocycles. The van der Waals surface area contributed by atoms with Crippen LogP contribution in [0.2, 0.25) is 0 Å². The molecule has 1 aliphatic rings. The van der Waals surface area contributed by atoms with Crippen LogP contribution in [-0.2, 0) is 11.2 Å². The van der Waals surface area contributed by atoms with Gasteiger partial charge in [0.2, 0.25) is 5.91 Å². The zero-order valence-corrected chi connectivity index (χ0v) is 13.4. The van der Waals surface area contributed by atoms with Crippen molar-refractivity contribution in [3.63, 3.8) is 0 Å². The number of amides is 1. The molecule has 0 saturated heterocycles. The summed E-state index contributed by atoms with van der Waals surface area (Å²) in [5.74, 6) is 0.113. The van der Waals surface area contributed by atoms with Crippen LogP contribution >= 0.6 is 0 Å². The number of nitrogens with two attached hydrogens (primary N) is 1. The highest BCUT2D eigenvalue weighted by Crippen LogP contribution is 2.34. The van der Waals surface area contributed by atoms with Gasteiger partial charge in [-0.25, -0.2) is 0 Å². The Morgan fingerprint density at radius 3 is 2.62 bits per heavy atom. The van der Waals surface area contributed by atoms with Gasteiger partial charge < -0.3 is 11.1 Å². The van der Waals surface area contributed by atoms with Crippen LogP contribution in [0.4, 0.5) is 0 Å². The van der Waals surface area contributed by atoms with E-state index < -0.39 is 0 Å². The van der Waals surface area contributed by atoms with E-state index in [9.17, 15) is 4.79 Å². The van der Waals surface area contributed by atoms with E-state index in [1.165, 1.54) is 30.4 Å². The SMILES string of the molecule is Cc1ccc(C)c(CC(=O)NCC2(CN)CCCCC2)c1. The second kappa shape index (κ2) is 7.08. The van der Waals surface area contributed by atoms with Gasteiger partial charge in [0.25, 0.3) is 0 Å². The van der Waals surface area contributed by atoms with Gasteiger partial charge in [0.05, 0.1) is 6.42 Å². The molecular weight excluding hydrogens is 260 g/mol. The molecule has 1 fully saturated rings. The highest BCUT2D eigenvalue weighted by molar-refractivity contribution is 5.79. The van der Waals surface area contributed by atoms with Crippen LogP contribution in [0.5, 0.6) is 0 Å². The molecule has 3 nitrogen and oxygen atoms in total. The molecule has 0 spiro atoms. The van der Waals surface area contributed by atoms with Gasteiger partial charge in [0.1, 0.15) is 0 Å². The van der Waals surface area contributed by atoms with Crippen molar-refractivity contribution in [2.24, 2.45) is 11.1 Å². The molecule has 0 aromatic heterocycles. The Labute approximate surface area is 128 Å². The predicted molar refractivity (Wildman–Crippen MR) is 87.2 cm³/mol. The molecule has 3 heteroatoms. The minimum Gasteiger partial charge on any atom is -0.355 e. The Hall–Kier alpha value is -1.35. The fourth-order valence-corrected chi connectivity index (χ4v) is 3.27. The largest absolute Gasteiger partial charge is 0.355 e. The van der Waals surface area contributed by atoms with Crippen LogP contribution in [0.25, 0.3) is 0 Å². The van der Waals surface area contributed by atoms with Crippen molar-refractivity contribution in [1.29, 1.82) is 0 Å². The van der Waals surface area contributed by atoms with Gasteiger partial charge in [-0.2, -0.15) is 0 Å². The van der Waals surface area contributed by atoms with Crippen molar-refractivity contribution in [2.75, 3.05) is 13.1 Å². The molecule has 3 N–H and O–H groups in total. The zero-order valence-electron chi connectivity index (χ0n) is 13.4. The molecule has 0 unspecified atom stereocenters. The van der Waals surface area contributed by atoms with Crippen molar-refractivity contribution >= 4 is 5.91 Å². The third-order valence-electron chi connectivity index (χ3n) is 4.86. The van der Waals surface area contributed by atoms with Gasteiger partial charge in [-0.15, -0.1) is 0 Å². The van der Waals surface area contributed by atoms with Crippen LogP contribution in [0.1, 0.15) is 48.8 Å². The second-order valence-corrected chi connectivity index (χ2v) is 6.65. The maximum atomic E-state index is 12.2. The first-order valence-electron chi connectivity index (χ1n) is 8.08. The molecule has 116 valence electrons. The summed E-state index contributed by atoms with van der Waals surface area (Å²) >= 11 is 0. The van der Waals surface area contributed by atoms with Crippen molar-refractivity contribution in [2.45, 2.75) is 52.4 Å². The van der Waals surface area contributed by atoms with Gasteiger partial charge in [-0.05, 0) is 49.8 Å². The normalized spacial score (nSPS) is 17.5. The number of rotatable bonds is 5. The summed E-state index contributed by atoms with van der Waals surface area (Å²) in [4.78, 5) is 12.2. The highest BCUT2D eigenvalue weighted by atomic mass is 16.1. The lowest BCUT2D eigenvalue weighted by Crippen LogP contribution is -2.44. The first kappa shape index (κ1) is 16.0. The van der Waals surface area contributed by atoms with Crippen LogP contribution in [0.3, 0.4) is 0 Å². The average molecular weight is 288 g/mol. The molecule has 0 radical (unpaired) electrons. The molecule has 1 amide bonds. The van der Waals surface area contributed by atoms with Crippen molar-refractivity contribution < 1.29 is 4.79 Å². The van der Waals surface area contributed by atoms with Crippen LogP contribution in [0.15, 0.2) is 18.2 Å². The summed E-state index contributed by atoms with van der Waals surface area (Å²) in [7, 11) is 0. The van der Waals surface area contributed by atoms with E-state index >= 15 is 0 Å². The molecular formula is C18H28N2O. The number of benzene rings is 1. The second-order valence-electron chi connectivity index (χ2n) is 6.65. The summed E-state index contributed by atoms with van der Waals surface area (Å²) in [6.45, 7) is 5.53. The fourth-order valence-electron chi connectivity index (χ4n) is 3.27. The molecule has 0 atom stereocenters. The van der Waals surface area contributed by atoms with E-state index in [4.69, 9.17) is 5.73 Å². The summed E-state index contributed by atoms with van der Waals surface area (Å²) in [6.07, 6.45) is 6.54. The number of aryl methyl sites for hydroxylation is 2. The molecule has 0 bridgehead atoms. The number of nitrogens with one attached hydrogen (secondary N) is 1. The zero-order chi connectivity index (χ0) is 15.3. The van der Waals surface area contributed by atoms with Crippen molar-refractivity contribution in [3.05, 3.63) is 34.9 Å². The Morgan fingerprint density at radius 2 is 1.95 bits per heavy atom. The summed E-state index contributed by atoms with van der Waals surface area (Å²) in [5.41, 5.74) is 9.61. The van der Waals surface area contributed by atoms with Crippen molar-refractivity contribution in [3.8, 4) is 0 Å². The Bertz CT molecular complexity index is 490. The quantitative estimate of drug-likeness (QED) is 0.875. The van der Waals surface area contributed by atoms with E-state index in [1.807, 2.05) is 0 Å². The number of carbonyl (C=O) groups is 1. The number of hydrogen-bond acceptors (Lipinski definition) is 2. The lowest BCUT2D eigenvalue weighted by Gasteiger charge is -2.36. The average Bonchev–Trinajstić information content (AvgIpc) is 2.50. The van der Waals surface area contributed by atoms with Gasteiger partial charge in [-0.3, -0.25) is 4.79 Å². The summed E-state index contributed by atoms with van der Waals surface area (Å²) in [6, 6.07) is 6.27. The maximum Gasteiger partial charge on any atom is 0.224 e. The van der Waals surface area contributed by atoms with Gasteiger partial charge in [0, 0.05) is 6.54 Å². The lowest BCUT2D eigenvalue weighted by atomic mass is 9.74. The Balaban J connectivity index is 1.91. The standard InChI is InChI=1S/C18H28N2O/c1-14-6-7-15(2)16(10-14)11-17(21)20-13-18(12-19)8-4-3-5-9-18/h6-7,10H,3-5,8-9,11-13,19H2,1-2H3,(H,20,21). The molecule has 21 heavy (non-hydrogen) atoms. The van der Waals surface area contributed by atoms with E-state index in [-0.39, 0.29) is 11.3 Å². The Kier molecular flexibility index (Phi) is 5.40. The molecule has 1 aromatic carbocycles. The summed E-state index contributed by atoms with van der Waals surface area (Å²) in [5, 5.41) is 3.12. The third-order valence-corrected chi connectivity index (χ3v) is 4.86. The van der Waals surface area contributed by atoms with E-state index in [0.29, 0.717) is 13.0 Å². The molecule has 1 aromatic rings. The topological polar surface area (TPSA) is 55.1 Å². The first-order valence-corrected chi connectivity index (χ1v) is 8.08. The monoisotopic (exact) mass is 288 g/mol. The Morgan fingerprint density at radius 1 is 1.24 bits per heavy atom. The van der Waals surface area contributed by atoms with Gasteiger partial charge in [0.15, 0.2) is 0 Å². The molecule has 0 heterocycles. The van der Waals surface area contributed by atoms with Gasteiger partial charge >= 0.3 is 0 Å². The lowest BCUT2D eigenvalue weighted by molar-refractivity contribution is -0.121. The molecule has 2 rings (SSSR count). The van der Waals surface area contributed by atoms with Gasteiger partial charge in [-0.1, -0.05) is 43.0 Å².